The lowest BCUT2D eigenvalue weighted by molar-refractivity contribution is 0.291. The first-order chi connectivity index (χ1) is 6.36. The summed E-state index contributed by atoms with van der Waals surface area (Å²) in [7, 11) is 0. The van der Waals surface area contributed by atoms with Gasteiger partial charge >= 0.3 is 0 Å². The molecule has 2 aliphatic carbocycles. The van der Waals surface area contributed by atoms with E-state index in [0.29, 0.717) is 6.04 Å². The van der Waals surface area contributed by atoms with E-state index >= 15 is 0 Å². The molecule has 0 spiro atoms. The second kappa shape index (κ2) is 2.50. The maximum Gasteiger partial charge on any atom is 0.125 e. The van der Waals surface area contributed by atoms with Crippen LogP contribution < -0.4 is 5.73 Å². The van der Waals surface area contributed by atoms with Gasteiger partial charge in [0.15, 0.2) is 0 Å². The molecule has 13 heavy (non-hydrogen) atoms. The van der Waals surface area contributed by atoms with Gasteiger partial charge in [-0.3, -0.25) is 0 Å². The highest BCUT2D eigenvalue weighted by Gasteiger charge is 2.27. The Balaban J connectivity index is 2.01. The van der Waals surface area contributed by atoms with Gasteiger partial charge in [0.2, 0.25) is 0 Å². The first-order valence-electron chi connectivity index (χ1n) is 5.22. The highest BCUT2D eigenvalue weighted by molar-refractivity contribution is 5.46. The lowest BCUT2D eigenvalue weighted by atomic mass is 9.93. The molecule has 0 aliphatic heterocycles. The van der Waals surface area contributed by atoms with Crippen molar-refractivity contribution < 1.29 is 0 Å². The van der Waals surface area contributed by atoms with Crippen LogP contribution in [-0.2, 0) is 12.8 Å². The molecule has 0 bridgehead atoms. The van der Waals surface area contributed by atoms with Crippen LogP contribution >= 0.6 is 0 Å². The van der Waals surface area contributed by atoms with Crippen molar-refractivity contribution in [3.63, 3.8) is 0 Å². The zero-order valence-corrected chi connectivity index (χ0v) is 7.79. The fourth-order valence-electron chi connectivity index (χ4n) is 2.35. The number of hydrogen-bond acceptors (Lipinski definition) is 2. The van der Waals surface area contributed by atoms with Gasteiger partial charge in [-0.1, -0.05) is 0 Å². The van der Waals surface area contributed by atoms with Crippen LogP contribution in [0.2, 0.25) is 0 Å². The zero-order chi connectivity index (χ0) is 8.84. The molecule has 70 valence electrons. The molecule has 1 fully saturated rings. The van der Waals surface area contributed by atoms with Crippen molar-refractivity contribution in [2.75, 3.05) is 5.73 Å². The van der Waals surface area contributed by atoms with Gasteiger partial charge in [-0.2, -0.15) is 5.10 Å². The van der Waals surface area contributed by atoms with E-state index in [4.69, 9.17) is 5.73 Å². The molecule has 1 aromatic heterocycles. The van der Waals surface area contributed by atoms with Crippen molar-refractivity contribution in [1.29, 1.82) is 0 Å². The summed E-state index contributed by atoms with van der Waals surface area (Å²) in [6.07, 6.45) is 7.41. The predicted molar refractivity (Wildman–Crippen MR) is 51.6 cm³/mol. The molecule has 2 aliphatic rings. The minimum atomic E-state index is 0.616. The largest absolute Gasteiger partial charge is 0.384 e. The number of nitrogens with zero attached hydrogens (tertiary/aromatic N) is 2. The van der Waals surface area contributed by atoms with E-state index in [-0.39, 0.29) is 0 Å². The lowest BCUT2D eigenvalue weighted by Gasteiger charge is -2.26. The van der Waals surface area contributed by atoms with Crippen LogP contribution in [0.15, 0.2) is 0 Å². The van der Waals surface area contributed by atoms with E-state index in [2.05, 4.69) is 9.78 Å². The second-order valence-electron chi connectivity index (χ2n) is 4.19. The van der Waals surface area contributed by atoms with Gasteiger partial charge in [0.05, 0.1) is 11.7 Å². The van der Waals surface area contributed by atoms with Crippen molar-refractivity contribution in [3.05, 3.63) is 11.3 Å². The molecule has 0 amide bonds. The van der Waals surface area contributed by atoms with Gasteiger partial charge < -0.3 is 5.73 Å². The van der Waals surface area contributed by atoms with Crippen LogP contribution in [0.25, 0.3) is 0 Å². The SMILES string of the molecule is Nc1c2c(nn1C1CCC1)CCC2. The number of rotatable bonds is 1. The molecule has 2 N–H and O–H groups in total. The van der Waals surface area contributed by atoms with Crippen LogP contribution in [0.3, 0.4) is 0 Å². The van der Waals surface area contributed by atoms with E-state index in [1.807, 2.05) is 0 Å². The number of nitrogens with two attached hydrogens (primary N) is 1. The summed E-state index contributed by atoms with van der Waals surface area (Å²) in [5.74, 6) is 0.956. The Morgan fingerprint density at radius 1 is 1.23 bits per heavy atom. The van der Waals surface area contributed by atoms with Crippen molar-refractivity contribution >= 4 is 5.82 Å². The number of nitrogen functional groups attached to an aromatic ring is 1. The summed E-state index contributed by atoms with van der Waals surface area (Å²) < 4.78 is 2.08. The second-order valence-corrected chi connectivity index (χ2v) is 4.19. The fourth-order valence-corrected chi connectivity index (χ4v) is 2.35. The number of aromatic nitrogens is 2. The fraction of sp³-hybridized carbons (Fsp3) is 0.700. The number of aryl methyl sites for hydroxylation is 1. The van der Waals surface area contributed by atoms with Gasteiger partial charge in [-0.25, -0.2) is 4.68 Å². The summed E-state index contributed by atoms with van der Waals surface area (Å²) in [4.78, 5) is 0. The van der Waals surface area contributed by atoms with E-state index < -0.39 is 0 Å². The summed E-state index contributed by atoms with van der Waals surface area (Å²) in [5, 5.41) is 4.60. The molecule has 3 rings (SSSR count). The topological polar surface area (TPSA) is 43.8 Å². The minimum absolute atomic E-state index is 0.616. The molecule has 1 saturated carbocycles. The maximum atomic E-state index is 6.07. The average molecular weight is 177 g/mol. The minimum Gasteiger partial charge on any atom is -0.384 e. The van der Waals surface area contributed by atoms with Gasteiger partial charge in [0.1, 0.15) is 5.82 Å². The molecule has 0 aromatic carbocycles. The van der Waals surface area contributed by atoms with Crippen molar-refractivity contribution in [3.8, 4) is 0 Å². The van der Waals surface area contributed by atoms with Crippen LogP contribution in [0, 0.1) is 0 Å². The highest BCUT2D eigenvalue weighted by atomic mass is 15.3. The van der Waals surface area contributed by atoms with Crippen LogP contribution in [0.1, 0.15) is 43.0 Å². The molecular formula is C10H15N3. The van der Waals surface area contributed by atoms with Crippen LogP contribution in [0.5, 0.6) is 0 Å². The van der Waals surface area contributed by atoms with E-state index in [0.717, 1.165) is 18.7 Å². The molecule has 0 unspecified atom stereocenters. The Bertz CT molecular complexity index is 336. The number of anilines is 1. The molecule has 1 heterocycles. The first kappa shape index (κ1) is 7.42. The summed E-state index contributed by atoms with van der Waals surface area (Å²) in [5.41, 5.74) is 8.67. The summed E-state index contributed by atoms with van der Waals surface area (Å²) in [6, 6.07) is 0.616. The molecular weight excluding hydrogens is 162 g/mol. The van der Waals surface area contributed by atoms with Crippen LogP contribution in [0.4, 0.5) is 5.82 Å². The third-order valence-electron chi connectivity index (χ3n) is 3.39. The van der Waals surface area contributed by atoms with Gasteiger partial charge in [-0.15, -0.1) is 0 Å². The average Bonchev–Trinajstić information content (AvgIpc) is 2.54. The monoisotopic (exact) mass is 177 g/mol. The third-order valence-corrected chi connectivity index (χ3v) is 3.39. The molecule has 3 heteroatoms. The van der Waals surface area contributed by atoms with Crippen molar-refractivity contribution in [1.82, 2.24) is 9.78 Å². The Hall–Kier alpha value is -0.990. The normalized spacial score (nSPS) is 21.5. The van der Waals surface area contributed by atoms with E-state index in [1.165, 1.54) is 36.9 Å². The van der Waals surface area contributed by atoms with Crippen molar-refractivity contribution in [2.24, 2.45) is 0 Å². The van der Waals surface area contributed by atoms with Crippen molar-refractivity contribution in [2.45, 2.75) is 44.6 Å². The van der Waals surface area contributed by atoms with E-state index in [1.54, 1.807) is 0 Å². The number of hydrogen-bond donors (Lipinski definition) is 1. The third kappa shape index (κ3) is 0.929. The summed E-state index contributed by atoms with van der Waals surface area (Å²) in [6.45, 7) is 0. The smallest absolute Gasteiger partial charge is 0.125 e. The van der Waals surface area contributed by atoms with Crippen LogP contribution in [-0.4, -0.2) is 9.78 Å². The standard InChI is InChI=1S/C10H15N3/c11-10-8-5-2-6-9(8)12-13(10)7-3-1-4-7/h7H,1-6,11H2. The predicted octanol–water partition coefficient (Wildman–Crippen LogP) is 1.68. The van der Waals surface area contributed by atoms with Gasteiger partial charge in [0.25, 0.3) is 0 Å². The lowest BCUT2D eigenvalue weighted by Crippen LogP contribution is -2.20. The van der Waals surface area contributed by atoms with E-state index in [9.17, 15) is 0 Å². The molecule has 0 radical (unpaired) electrons. The van der Waals surface area contributed by atoms with Gasteiger partial charge in [0, 0.05) is 5.56 Å². The Kier molecular flexibility index (Phi) is 1.43. The molecule has 3 nitrogen and oxygen atoms in total. The van der Waals surface area contributed by atoms with Gasteiger partial charge in [-0.05, 0) is 38.5 Å². The quantitative estimate of drug-likeness (QED) is 0.709. The maximum absolute atomic E-state index is 6.07. The first-order valence-corrected chi connectivity index (χ1v) is 5.22. The number of fused-ring (bicyclic) bond motifs is 1. The molecule has 0 atom stereocenters. The Morgan fingerprint density at radius 2 is 2.08 bits per heavy atom. The summed E-state index contributed by atoms with van der Waals surface area (Å²) >= 11 is 0. The molecule has 1 aromatic rings. The Morgan fingerprint density at radius 3 is 2.69 bits per heavy atom. The molecule has 0 saturated heterocycles. The Labute approximate surface area is 77.9 Å². The zero-order valence-electron chi connectivity index (χ0n) is 7.79. The highest BCUT2D eigenvalue weighted by Crippen LogP contribution is 2.36.